The highest BCUT2D eigenvalue weighted by Crippen LogP contribution is 2.69. The molecule has 2 saturated carbocycles. The van der Waals surface area contributed by atoms with E-state index in [1.165, 1.54) is 7.11 Å². The molecule has 0 saturated heterocycles. The molecule has 0 aliphatic heterocycles. The number of hydrogen-bond acceptors (Lipinski definition) is 3. The summed E-state index contributed by atoms with van der Waals surface area (Å²) in [6.07, 6.45) is 0.714. The third-order valence-electron chi connectivity index (χ3n) is 5.69. The molecule has 3 nitrogen and oxygen atoms in total. The van der Waals surface area contributed by atoms with Crippen LogP contribution < -0.4 is 0 Å². The number of fused-ring (bicyclic) bond motifs is 1. The summed E-state index contributed by atoms with van der Waals surface area (Å²) in [6.45, 7) is 6.54. The van der Waals surface area contributed by atoms with E-state index in [0.29, 0.717) is 29.6 Å². The van der Waals surface area contributed by atoms with Crippen molar-refractivity contribution in [2.24, 2.45) is 23.2 Å². The van der Waals surface area contributed by atoms with E-state index in [1.54, 1.807) is 6.07 Å². The lowest BCUT2D eigenvalue weighted by atomic mass is 9.75. The lowest BCUT2D eigenvalue weighted by Gasteiger charge is -2.28. The van der Waals surface area contributed by atoms with Crippen LogP contribution in [0, 0.1) is 23.2 Å². The van der Waals surface area contributed by atoms with E-state index in [4.69, 9.17) is 4.74 Å². The van der Waals surface area contributed by atoms with Gasteiger partial charge in [-0.2, -0.15) is 0 Å². The molecule has 0 N–H and O–H groups in total. The molecule has 21 heavy (non-hydrogen) atoms. The van der Waals surface area contributed by atoms with E-state index in [0.717, 1.165) is 5.56 Å². The zero-order chi connectivity index (χ0) is 15.4. The van der Waals surface area contributed by atoms with Gasteiger partial charge in [-0.15, -0.1) is 0 Å². The first-order valence-electron chi connectivity index (χ1n) is 7.59. The Morgan fingerprint density at radius 3 is 2.71 bits per heavy atom. The van der Waals surface area contributed by atoms with Gasteiger partial charge in [0.1, 0.15) is 5.78 Å². The van der Waals surface area contributed by atoms with Crippen molar-refractivity contribution in [1.29, 1.82) is 0 Å². The summed E-state index contributed by atoms with van der Waals surface area (Å²) < 4.78 is 4.80. The highest BCUT2D eigenvalue weighted by molar-refractivity contribution is 5.89. The van der Waals surface area contributed by atoms with E-state index in [1.807, 2.05) is 25.1 Å². The first-order chi connectivity index (χ1) is 9.87. The van der Waals surface area contributed by atoms with Crippen LogP contribution in [0.25, 0.3) is 0 Å². The molecule has 0 aromatic heterocycles. The van der Waals surface area contributed by atoms with Crippen LogP contribution in [0.15, 0.2) is 24.3 Å². The lowest BCUT2D eigenvalue weighted by molar-refractivity contribution is -0.125. The zero-order valence-corrected chi connectivity index (χ0v) is 13.1. The largest absolute Gasteiger partial charge is 0.465 e. The number of benzene rings is 1. The number of hydrogen-bond donors (Lipinski definition) is 0. The Kier molecular flexibility index (Phi) is 3.19. The third kappa shape index (κ3) is 2.10. The molecular weight excluding hydrogens is 264 g/mol. The second kappa shape index (κ2) is 4.69. The molecule has 2 aliphatic carbocycles. The van der Waals surface area contributed by atoms with Gasteiger partial charge in [-0.1, -0.05) is 32.9 Å². The fourth-order valence-electron chi connectivity index (χ4n) is 4.29. The van der Waals surface area contributed by atoms with Crippen LogP contribution in [0.3, 0.4) is 0 Å². The van der Waals surface area contributed by atoms with Gasteiger partial charge in [-0.05, 0) is 40.9 Å². The Balaban J connectivity index is 1.98. The summed E-state index contributed by atoms with van der Waals surface area (Å²) in [5.41, 5.74) is 1.89. The fourth-order valence-corrected chi connectivity index (χ4v) is 4.29. The molecule has 1 aromatic carbocycles. The van der Waals surface area contributed by atoms with Crippen molar-refractivity contribution in [2.45, 2.75) is 33.1 Å². The predicted octanol–water partition coefficient (Wildman–Crippen LogP) is 3.44. The van der Waals surface area contributed by atoms with Crippen LogP contribution >= 0.6 is 0 Å². The number of esters is 1. The van der Waals surface area contributed by atoms with Crippen molar-refractivity contribution in [2.75, 3.05) is 7.11 Å². The molecule has 4 atom stereocenters. The number of carbonyl (C=O) groups is 2. The van der Waals surface area contributed by atoms with Gasteiger partial charge in [-0.3, -0.25) is 4.79 Å². The van der Waals surface area contributed by atoms with Crippen molar-refractivity contribution in [1.82, 2.24) is 0 Å². The quantitative estimate of drug-likeness (QED) is 0.782. The number of ketones is 1. The third-order valence-corrected chi connectivity index (χ3v) is 5.69. The van der Waals surface area contributed by atoms with E-state index < -0.39 is 0 Å². The minimum absolute atomic E-state index is 0.0286. The zero-order valence-electron chi connectivity index (χ0n) is 13.1. The lowest BCUT2D eigenvalue weighted by Crippen LogP contribution is -2.26. The molecule has 3 unspecified atom stereocenters. The molecule has 3 heteroatoms. The number of rotatable bonds is 2. The van der Waals surface area contributed by atoms with Crippen LogP contribution in [0.5, 0.6) is 0 Å². The van der Waals surface area contributed by atoms with Crippen molar-refractivity contribution >= 4 is 11.8 Å². The number of methoxy groups -OCH3 is 1. The average Bonchev–Trinajstić information content (AvgIpc) is 3.00. The van der Waals surface area contributed by atoms with Crippen LogP contribution in [0.1, 0.15) is 49.0 Å². The summed E-state index contributed by atoms with van der Waals surface area (Å²) in [4.78, 5) is 24.0. The van der Waals surface area contributed by atoms with Gasteiger partial charge >= 0.3 is 5.97 Å². The molecule has 0 bridgehead atoms. The van der Waals surface area contributed by atoms with Crippen LogP contribution in [-0.2, 0) is 9.53 Å². The summed E-state index contributed by atoms with van der Waals surface area (Å²) in [5, 5.41) is 0. The molecule has 3 rings (SSSR count). The maximum Gasteiger partial charge on any atom is 0.337 e. The average molecular weight is 286 g/mol. The van der Waals surface area contributed by atoms with E-state index >= 15 is 0 Å². The van der Waals surface area contributed by atoms with E-state index in [2.05, 4.69) is 13.8 Å². The SMILES string of the molecule is COC(=O)c1cccc(C2C(C)C(=O)CC3[C@H]2C3(C)C)c1. The monoisotopic (exact) mass is 286 g/mol. The summed E-state index contributed by atoms with van der Waals surface area (Å²) in [5.74, 6) is 1.32. The normalized spacial score (nSPS) is 33.2. The topological polar surface area (TPSA) is 43.4 Å². The van der Waals surface area contributed by atoms with Gasteiger partial charge in [0, 0.05) is 12.3 Å². The van der Waals surface area contributed by atoms with E-state index in [-0.39, 0.29) is 23.2 Å². The van der Waals surface area contributed by atoms with Crippen LogP contribution in [-0.4, -0.2) is 18.9 Å². The molecule has 0 radical (unpaired) electrons. The van der Waals surface area contributed by atoms with E-state index in [9.17, 15) is 9.59 Å². The van der Waals surface area contributed by atoms with Crippen molar-refractivity contribution in [3.05, 3.63) is 35.4 Å². The molecule has 0 spiro atoms. The standard InChI is InChI=1S/C18H22O3/c1-10-14(19)9-13-16(18(13,2)3)15(10)11-6-5-7-12(8-11)17(20)21-4/h5-8,10,13,15-16H,9H2,1-4H3/t10?,13?,15?,16-/m1/s1. The number of carbonyl (C=O) groups excluding carboxylic acids is 2. The van der Waals surface area contributed by atoms with Gasteiger partial charge in [-0.25, -0.2) is 4.79 Å². The van der Waals surface area contributed by atoms with Crippen molar-refractivity contribution in [3.8, 4) is 0 Å². The highest BCUT2D eigenvalue weighted by Gasteiger charge is 2.65. The Hall–Kier alpha value is -1.64. The molecule has 0 heterocycles. The second-order valence-electron chi connectivity index (χ2n) is 7.06. The van der Waals surface area contributed by atoms with Crippen LogP contribution in [0.2, 0.25) is 0 Å². The maximum atomic E-state index is 12.3. The Morgan fingerprint density at radius 2 is 2.05 bits per heavy atom. The van der Waals surface area contributed by atoms with Crippen molar-refractivity contribution < 1.29 is 14.3 Å². The Bertz CT molecular complexity index is 602. The van der Waals surface area contributed by atoms with Crippen molar-refractivity contribution in [3.63, 3.8) is 0 Å². The Labute approximate surface area is 125 Å². The first-order valence-corrected chi connectivity index (χ1v) is 7.59. The summed E-state index contributed by atoms with van der Waals surface area (Å²) in [6, 6.07) is 7.59. The van der Waals surface area contributed by atoms with Gasteiger partial charge in [0.2, 0.25) is 0 Å². The number of Topliss-reactive ketones (excluding diaryl/α,β-unsaturated/α-hetero) is 1. The van der Waals surface area contributed by atoms with Gasteiger partial charge < -0.3 is 4.74 Å². The van der Waals surface area contributed by atoms with Gasteiger partial charge in [0.05, 0.1) is 12.7 Å². The molecular formula is C18H22O3. The minimum Gasteiger partial charge on any atom is -0.465 e. The Morgan fingerprint density at radius 1 is 1.33 bits per heavy atom. The smallest absolute Gasteiger partial charge is 0.337 e. The van der Waals surface area contributed by atoms with Gasteiger partial charge in [0.15, 0.2) is 0 Å². The second-order valence-corrected chi connectivity index (χ2v) is 7.06. The molecule has 2 aliphatic rings. The minimum atomic E-state index is -0.321. The molecule has 112 valence electrons. The molecule has 1 aromatic rings. The highest BCUT2D eigenvalue weighted by atomic mass is 16.5. The molecule has 2 fully saturated rings. The van der Waals surface area contributed by atoms with Gasteiger partial charge in [0.25, 0.3) is 0 Å². The fraction of sp³-hybridized carbons (Fsp3) is 0.556. The maximum absolute atomic E-state index is 12.3. The number of ether oxygens (including phenoxy) is 1. The van der Waals surface area contributed by atoms with Crippen LogP contribution in [0.4, 0.5) is 0 Å². The summed E-state index contributed by atoms with van der Waals surface area (Å²) >= 11 is 0. The summed E-state index contributed by atoms with van der Waals surface area (Å²) in [7, 11) is 1.39. The predicted molar refractivity (Wildman–Crippen MR) is 80.1 cm³/mol. The first kappa shape index (κ1) is 14.3. The molecule has 0 amide bonds.